The summed E-state index contributed by atoms with van der Waals surface area (Å²) in [6.07, 6.45) is 2.10. The van der Waals surface area contributed by atoms with Crippen LogP contribution in [0.4, 0.5) is 11.4 Å². The molecule has 1 aliphatic rings. The fourth-order valence-electron chi connectivity index (χ4n) is 1.87. The third-order valence-corrected chi connectivity index (χ3v) is 3.39. The molecule has 1 aromatic carbocycles. The zero-order valence-electron chi connectivity index (χ0n) is 11.9. The van der Waals surface area contributed by atoms with Crippen molar-refractivity contribution < 1.29 is 9.59 Å². The molecule has 2 rings (SSSR count). The number of benzene rings is 1. The van der Waals surface area contributed by atoms with E-state index in [0.717, 1.165) is 12.8 Å². The molecule has 1 aromatic rings. The van der Waals surface area contributed by atoms with Crippen LogP contribution in [0.15, 0.2) is 18.2 Å². The van der Waals surface area contributed by atoms with Crippen molar-refractivity contribution in [1.82, 2.24) is 10.2 Å². The number of nitrogens with zero attached hydrogens (tertiary/aromatic N) is 1. The van der Waals surface area contributed by atoms with Gasteiger partial charge in [-0.1, -0.05) is 11.6 Å². The first-order chi connectivity index (χ1) is 9.94. The molecule has 1 saturated carbocycles. The number of carbonyl (C=O) groups excluding carboxylic acids is 2. The summed E-state index contributed by atoms with van der Waals surface area (Å²) in [5.74, 6) is -0.262. The van der Waals surface area contributed by atoms with E-state index < -0.39 is 0 Å². The number of nitrogen functional groups attached to an aromatic ring is 1. The molecule has 2 amide bonds. The van der Waals surface area contributed by atoms with Crippen LogP contribution in [-0.4, -0.2) is 42.9 Å². The van der Waals surface area contributed by atoms with Crippen LogP contribution < -0.4 is 16.4 Å². The first-order valence-electron chi connectivity index (χ1n) is 6.77. The molecule has 0 aliphatic heterocycles. The summed E-state index contributed by atoms with van der Waals surface area (Å²) in [4.78, 5) is 25.1. The van der Waals surface area contributed by atoms with Gasteiger partial charge in [0.25, 0.3) is 0 Å². The van der Waals surface area contributed by atoms with Crippen molar-refractivity contribution in [2.75, 3.05) is 31.2 Å². The lowest BCUT2D eigenvalue weighted by Gasteiger charge is -2.16. The second kappa shape index (κ2) is 6.78. The molecule has 0 bridgehead atoms. The first kappa shape index (κ1) is 15.6. The van der Waals surface area contributed by atoms with E-state index in [1.807, 2.05) is 0 Å². The number of halogens is 1. The Bertz CT molecular complexity index is 546. The van der Waals surface area contributed by atoms with Crippen LogP contribution in [-0.2, 0) is 9.59 Å². The van der Waals surface area contributed by atoms with E-state index in [-0.39, 0.29) is 24.9 Å². The number of amides is 2. The zero-order valence-corrected chi connectivity index (χ0v) is 12.6. The molecule has 114 valence electrons. The molecule has 0 radical (unpaired) electrons. The van der Waals surface area contributed by atoms with E-state index in [1.54, 1.807) is 30.1 Å². The molecule has 1 aliphatic carbocycles. The summed E-state index contributed by atoms with van der Waals surface area (Å²) in [6.45, 7) is 0.327. The van der Waals surface area contributed by atoms with Crippen molar-refractivity contribution in [3.63, 3.8) is 0 Å². The van der Waals surface area contributed by atoms with E-state index in [9.17, 15) is 9.59 Å². The molecule has 4 N–H and O–H groups in total. The van der Waals surface area contributed by atoms with Crippen LogP contribution in [0.3, 0.4) is 0 Å². The molecule has 0 saturated heterocycles. The van der Waals surface area contributed by atoms with Gasteiger partial charge in [0.1, 0.15) is 0 Å². The number of hydrogen-bond donors (Lipinski definition) is 3. The Hall–Kier alpha value is -1.79. The van der Waals surface area contributed by atoms with Gasteiger partial charge in [-0.05, 0) is 38.1 Å². The van der Waals surface area contributed by atoms with Gasteiger partial charge in [-0.25, -0.2) is 0 Å². The Morgan fingerprint density at radius 3 is 2.62 bits per heavy atom. The molecule has 0 unspecified atom stereocenters. The van der Waals surface area contributed by atoms with Gasteiger partial charge in [0.05, 0.1) is 23.8 Å². The minimum absolute atomic E-state index is 0.0523. The zero-order chi connectivity index (χ0) is 15.4. The minimum atomic E-state index is -0.210. The summed E-state index contributed by atoms with van der Waals surface area (Å²) in [6, 6.07) is 5.23. The summed E-state index contributed by atoms with van der Waals surface area (Å²) < 4.78 is 0. The molecule has 21 heavy (non-hydrogen) atoms. The van der Waals surface area contributed by atoms with Crippen molar-refractivity contribution in [1.29, 1.82) is 0 Å². The molecule has 7 heteroatoms. The maximum absolute atomic E-state index is 11.9. The van der Waals surface area contributed by atoms with Crippen molar-refractivity contribution >= 4 is 34.8 Å². The van der Waals surface area contributed by atoms with Gasteiger partial charge in [-0.3, -0.25) is 14.5 Å². The van der Waals surface area contributed by atoms with E-state index >= 15 is 0 Å². The lowest BCUT2D eigenvalue weighted by Crippen LogP contribution is -2.39. The Morgan fingerprint density at radius 1 is 1.33 bits per heavy atom. The summed E-state index contributed by atoms with van der Waals surface area (Å²) in [7, 11) is 1.72. The van der Waals surface area contributed by atoms with Gasteiger partial charge in [0.15, 0.2) is 0 Å². The minimum Gasteiger partial charge on any atom is -0.397 e. The van der Waals surface area contributed by atoms with Crippen LogP contribution in [0.2, 0.25) is 5.02 Å². The van der Waals surface area contributed by atoms with E-state index in [0.29, 0.717) is 22.4 Å². The smallest absolute Gasteiger partial charge is 0.238 e. The fourth-order valence-corrected chi connectivity index (χ4v) is 1.99. The number of nitrogens with two attached hydrogens (primary N) is 1. The number of anilines is 2. The lowest BCUT2D eigenvalue weighted by molar-refractivity contribution is -0.123. The monoisotopic (exact) mass is 310 g/mol. The normalized spacial score (nSPS) is 14.0. The van der Waals surface area contributed by atoms with E-state index in [4.69, 9.17) is 17.3 Å². The third-order valence-electron chi connectivity index (χ3n) is 3.05. The molecule has 0 aromatic heterocycles. The largest absolute Gasteiger partial charge is 0.397 e. The molecular weight excluding hydrogens is 292 g/mol. The Balaban J connectivity index is 1.77. The number of rotatable bonds is 6. The third kappa shape index (κ3) is 5.24. The second-order valence-electron chi connectivity index (χ2n) is 5.30. The van der Waals surface area contributed by atoms with Gasteiger partial charge >= 0.3 is 0 Å². The predicted molar refractivity (Wildman–Crippen MR) is 83.2 cm³/mol. The van der Waals surface area contributed by atoms with E-state index in [1.165, 1.54) is 0 Å². The number of likely N-dealkylation sites (N-methyl/N-ethyl adjacent to an activating group) is 1. The molecule has 0 atom stereocenters. The molecule has 0 spiro atoms. The van der Waals surface area contributed by atoms with Crippen molar-refractivity contribution in [2.24, 2.45) is 0 Å². The first-order valence-corrected chi connectivity index (χ1v) is 7.14. The van der Waals surface area contributed by atoms with Crippen LogP contribution in [0.5, 0.6) is 0 Å². The highest BCUT2D eigenvalue weighted by Crippen LogP contribution is 2.22. The summed E-state index contributed by atoms with van der Waals surface area (Å²) >= 11 is 5.82. The van der Waals surface area contributed by atoms with Gasteiger partial charge in [0, 0.05) is 11.7 Å². The van der Waals surface area contributed by atoms with Crippen molar-refractivity contribution in [3.8, 4) is 0 Å². The highest BCUT2D eigenvalue weighted by atomic mass is 35.5. The van der Waals surface area contributed by atoms with Gasteiger partial charge in [0.2, 0.25) is 11.8 Å². The van der Waals surface area contributed by atoms with Crippen LogP contribution in [0.1, 0.15) is 12.8 Å². The second-order valence-corrected chi connectivity index (χ2v) is 5.71. The van der Waals surface area contributed by atoms with E-state index in [2.05, 4.69) is 10.6 Å². The summed E-state index contributed by atoms with van der Waals surface area (Å²) in [5.41, 5.74) is 6.66. The Labute approximate surface area is 128 Å². The molecule has 1 fully saturated rings. The van der Waals surface area contributed by atoms with Crippen LogP contribution >= 0.6 is 11.6 Å². The van der Waals surface area contributed by atoms with Crippen molar-refractivity contribution in [3.05, 3.63) is 23.2 Å². The highest BCUT2D eigenvalue weighted by molar-refractivity contribution is 6.33. The van der Waals surface area contributed by atoms with Crippen LogP contribution in [0.25, 0.3) is 0 Å². The Kier molecular flexibility index (Phi) is 5.03. The maximum Gasteiger partial charge on any atom is 0.238 e. The molecule has 0 heterocycles. The average Bonchev–Trinajstić information content (AvgIpc) is 3.17. The SMILES string of the molecule is CN(CC(=O)Nc1ccc(Cl)c(N)c1)CC(=O)NC1CC1. The standard InChI is InChI=1S/C14H19ClN4O2/c1-19(7-13(20)17-9-2-3-9)8-14(21)18-10-4-5-11(15)12(16)6-10/h4-6,9H,2-3,7-8,16H2,1H3,(H,17,20)(H,18,21). The van der Waals surface area contributed by atoms with Gasteiger partial charge in [-0.15, -0.1) is 0 Å². The number of hydrogen-bond acceptors (Lipinski definition) is 4. The quantitative estimate of drug-likeness (QED) is 0.686. The topological polar surface area (TPSA) is 87.5 Å². The van der Waals surface area contributed by atoms with Gasteiger partial charge < -0.3 is 16.4 Å². The molecular formula is C14H19ClN4O2. The Morgan fingerprint density at radius 2 is 2.00 bits per heavy atom. The average molecular weight is 311 g/mol. The van der Waals surface area contributed by atoms with Gasteiger partial charge in [-0.2, -0.15) is 0 Å². The van der Waals surface area contributed by atoms with Crippen molar-refractivity contribution in [2.45, 2.75) is 18.9 Å². The predicted octanol–water partition coefficient (Wildman–Crippen LogP) is 1.07. The summed E-state index contributed by atoms with van der Waals surface area (Å²) in [5, 5.41) is 6.04. The maximum atomic E-state index is 11.9. The lowest BCUT2D eigenvalue weighted by atomic mass is 10.3. The fraction of sp³-hybridized carbons (Fsp3) is 0.429. The number of carbonyl (C=O) groups is 2. The highest BCUT2D eigenvalue weighted by Gasteiger charge is 2.23. The molecule has 6 nitrogen and oxygen atoms in total. The van der Waals surface area contributed by atoms with Crippen LogP contribution in [0, 0.1) is 0 Å². The number of nitrogens with one attached hydrogen (secondary N) is 2.